The lowest BCUT2D eigenvalue weighted by Crippen LogP contribution is -2.47. The molecule has 1 aliphatic heterocycles. The maximum absolute atomic E-state index is 10.1. The summed E-state index contributed by atoms with van der Waals surface area (Å²) in [7, 11) is 0. The summed E-state index contributed by atoms with van der Waals surface area (Å²) in [5.41, 5.74) is 3.18. The normalized spacial score (nSPS) is 43.6. The lowest BCUT2D eigenvalue weighted by molar-refractivity contribution is -0.00865. The van der Waals surface area contributed by atoms with Gasteiger partial charge in [-0.05, 0) is 87.4 Å². The second-order valence-corrected chi connectivity index (χ2v) is 11.2. The predicted molar refractivity (Wildman–Crippen MR) is 123 cm³/mol. The molecule has 1 heterocycles. The number of rotatable bonds is 5. The molecule has 0 amide bonds. The van der Waals surface area contributed by atoms with E-state index in [2.05, 4.69) is 30.0 Å². The number of aliphatic hydroxyl groups is 1. The Balaban J connectivity index is 1.21. The standard InChI is InChI=1S/C26H42N2O3/c1-18(27-31-16-13-28-11-14-30-15-12-28)24-7-8-25-23-5-3-19-17-20(29)4-6-21(19)22(23)9-10-26(24,25)2/h3,20-25,29H,4-17H2,1-2H3/b27-18+/t20-,21-,22+,23+,24+,25-,26+/m0/s1. The van der Waals surface area contributed by atoms with Crippen LogP contribution in [-0.4, -0.2) is 61.3 Å². The summed E-state index contributed by atoms with van der Waals surface area (Å²) in [5.74, 6) is 3.83. The van der Waals surface area contributed by atoms with Gasteiger partial charge in [0.15, 0.2) is 0 Å². The van der Waals surface area contributed by atoms with Crippen LogP contribution in [0.25, 0.3) is 0 Å². The van der Waals surface area contributed by atoms with Crippen molar-refractivity contribution < 1.29 is 14.7 Å². The lowest BCUT2D eigenvalue weighted by Gasteiger charge is -2.53. The third kappa shape index (κ3) is 4.22. The van der Waals surface area contributed by atoms with Crippen molar-refractivity contribution in [2.24, 2.45) is 40.2 Å². The minimum atomic E-state index is -0.0918. The number of fused-ring (bicyclic) bond motifs is 5. The van der Waals surface area contributed by atoms with Crippen LogP contribution in [-0.2, 0) is 9.57 Å². The van der Waals surface area contributed by atoms with Crippen LogP contribution < -0.4 is 0 Å². The topological polar surface area (TPSA) is 54.3 Å². The van der Waals surface area contributed by atoms with Crippen LogP contribution in [0.15, 0.2) is 16.8 Å². The van der Waals surface area contributed by atoms with E-state index in [1.807, 2.05) is 0 Å². The van der Waals surface area contributed by atoms with E-state index in [0.717, 1.165) is 69.4 Å². The number of morpholine rings is 1. The summed E-state index contributed by atoms with van der Waals surface area (Å²) in [6, 6.07) is 0. The quantitative estimate of drug-likeness (QED) is 0.306. The van der Waals surface area contributed by atoms with E-state index in [9.17, 15) is 5.11 Å². The van der Waals surface area contributed by atoms with E-state index >= 15 is 0 Å². The van der Waals surface area contributed by atoms with Gasteiger partial charge in [-0.15, -0.1) is 0 Å². The molecule has 7 atom stereocenters. The number of aliphatic hydroxyl groups excluding tert-OH is 1. The maximum Gasteiger partial charge on any atom is 0.129 e. The zero-order valence-electron chi connectivity index (χ0n) is 19.6. The second-order valence-electron chi connectivity index (χ2n) is 11.2. The molecular formula is C26H42N2O3. The van der Waals surface area contributed by atoms with Gasteiger partial charge in [0.05, 0.1) is 25.0 Å². The Morgan fingerprint density at radius 3 is 2.87 bits per heavy atom. The van der Waals surface area contributed by atoms with E-state index in [1.165, 1.54) is 44.2 Å². The Hall–Kier alpha value is -0.910. The van der Waals surface area contributed by atoms with Gasteiger partial charge in [-0.3, -0.25) is 4.90 Å². The van der Waals surface area contributed by atoms with Crippen molar-refractivity contribution in [3.8, 4) is 0 Å². The molecular weight excluding hydrogens is 388 g/mol. The molecule has 31 heavy (non-hydrogen) atoms. The number of nitrogens with zero attached hydrogens (tertiary/aromatic N) is 2. The molecule has 5 rings (SSSR count). The van der Waals surface area contributed by atoms with Crippen LogP contribution in [0.3, 0.4) is 0 Å². The van der Waals surface area contributed by atoms with Crippen LogP contribution in [0.5, 0.6) is 0 Å². The lowest BCUT2D eigenvalue weighted by atomic mass is 9.51. The van der Waals surface area contributed by atoms with E-state index in [-0.39, 0.29) is 6.10 Å². The molecule has 3 saturated carbocycles. The molecule has 0 bridgehead atoms. The molecule has 1 saturated heterocycles. The third-order valence-corrected chi connectivity index (χ3v) is 9.74. The molecule has 0 radical (unpaired) electrons. The molecule has 0 aromatic rings. The first-order valence-electron chi connectivity index (χ1n) is 12.9. The van der Waals surface area contributed by atoms with Crippen LogP contribution >= 0.6 is 0 Å². The molecule has 174 valence electrons. The number of hydrogen-bond acceptors (Lipinski definition) is 5. The maximum atomic E-state index is 10.1. The second kappa shape index (κ2) is 9.15. The van der Waals surface area contributed by atoms with Gasteiger partial charge in [0, 0.05) is 25.6 Å². The van der Waals surface area contributed by atoms with E-state index < -0.39 is 0 Å². The van der Waals surface area contributed by atoms with Crippen molar-refractivity contribution in [1.29, 1.82) is 0 Å². The summed E-state index contributed by atoms with van der Waals surface area (Å²) in [6.07, 6.45) is 12.1. The molecule has 5 nitrogen and oxygen atoms in total. The Bertz CT molecular complexity index is 701. The average Bonchev–Trinajstić information content (AvgIpc) is 3.14. The van der Waals surface area contributed by atoms with Gasteiger partial charge in [0.25, 0.3) is 0 Å². The Morgan fingerprint density at radius 1 is 1.19 bits per heavy atom. The van der Waals surface area contributed by atoms with Gasteiger partial charge in [-0.25, -0.2) is 0 Å². The van der Waals surface area contributed by atoms with E-state index in [4.69, 9.17) is 9.57 Å². The molecule has 0 aromatic heterocycles. The van der Waals surface area contributed by atoms with Gasteiger partial charge in [-0.1, -0.05) is 23.7 Å². The van der Waals surface area contributed by atoms with Gasteiger partial charge < -0.3 is 14.7 Å². The molecule has 0 unspecified atom stereocenters. The van der Waals surface area contributed by atoms with Crippen molar-refractivity contribution in [2.45, 2.75) is 71.3 Å². The molecule has 0 spiro atoms. The van der Waals surface area contributed by atoms with Gasteiger partial charge in [0.1, 0.15) is 6.61 Å². The summed E-state index contributed by atoms with van der Waals surface area (Å²) in [5, 5.41) is 14.7. The number of hydrogen-bond donors (Lipinski definition) is 1. The highest BCUT2D eigenvalue weighted by Crippen LogP contribution is 2.63. The largest absolute Gasteiger partial charge is 0.394 e. The fraction of sp³-hybridized carbons (Fsp3) is 0.885. The minimum Gasteiger partial charge on any atom is -0.394 e. The minimum absolute atomic E-state index is 0.0918. The van der Waals surface area contributed by atoms with Crippen LogP contribution in [0.4, 0.5) is 0 Å². The molecule has 5 heteroatoms. The summed E-state index contributed by atoms with van der Waals surface area (Å²) < 4.78 is 5.42. The summed E-state index contributed by atoms with van der Waals surface area (Å²) >= 11 is 0. The predicted octanol–water partition coefficient (Wildman–Crippen LogP) is 4.26. The van der Waals surface area contributed by atoms with Crippen LogP contribution in [0, 0.1) is 35.0 Å². The summed E-state index contributed by atoms with van der Waals surface area (Å²) in [6.45, 7) is 10.1. The van der Waals surface area contributed by atoms with Crippen LogP contribution in [0.1, 0.15) is 65.2 Å². The highest BCUT2D eigenvalue weighted by Gasteiger charge is 2.56. The Labute approximate surface area is 188 Å². The molecule has 4 fully saturated rings. The SMILES string of the molecule is C/C(=N\OCCN1CCOCC1)[C@H]1CC[C@H]2[C@@H]3CC=C4C[C@@H](O)CC[C@@H]4[C@H]3CC[C@]12C. The third-order valence-electron chi connectivity index (χ3n) is 9.74. The van der Waals surface area contributed by atoms with Crippen molar-refractivity contribution in [3.05, 3.63) is 11.6 Å². The first kappa shape index (κ1) is 21.9. The van der Waals surface area contributed by atoms with Crippen molar-refractivity contribution in [3.63, 3.8) is 0 Å². The number of ether oxygens (including phenoxy) is 1. The first-order chi connectivity index (χ1) is 15.1. The average molecular weight is 431 g/mol. The van der Waals surface area contributed by atoms with Crippen molar-refractivity contribution in [1.82, 2.24) is 4.90 Å². The zero-order chi connectivity index (χ0) is 21.4. The summed E-state index contributed by atoms with van der Waals surface area (Å²) in [4.78, 5) is 8.20. The highest BCUT2D eigenvalue weighted by molar-refractivity contribution is 5.85. The van der Waals surface area contributed by atoms with Gasteiger partial charge >= 0.3 is 0 Å². The fourth-order valence-electron chi connectivity index (χ4n) is 8.14. The van der Waals surface area contributed by atoms with Crippen molar-refractivity contribution >= 4 is 5.71 Å². The molecule has 0 aromatic carbocycles. The van der Waals surface area contributed by atoms with Crippen molar-refractivity contribution in [2.75, 3.05) is 39.5 Å². The van der Waals surface area contributed by atoms with E-state index in [0.29, 0.717) is 17.9 Å². The van der Waals surface area contributed by atoms with Crippen LogP contribution in [0.2, 0.25) is 0 Å². The Kier molecular flexibility index (Phi) is 6.47. The smallest absolute Gasteiger partial charge is 0.129 e. The first-order valence-corrected chi connectivity index (χ1v) is 12.9. The molecule has 5 aliphatic rings. The fourth-order valence-corrected chi connectivity index (χ4v) is 8.14. The van der Waals surface area contributed by atoms with Gasteiger partial charge in [-0.2, -0.15) is 0 Å². The molecule has 4 aliphatic carbocycles. The molecule has 1 N–H and O–H groups in total. The number of allylic oxidation sites excluding steroid dienone is 1. The van der Waals surface area contributed by atoms with Gasteiger partial charge in [0.2, 0.25) is 0 Å². The number of oxime groups is 1. The Morgan fingerprint density at radius 2 is 2.03 bits per heavy atom. The van der Waals surface area contributed by atoms with E-state index in [1.54, 1.807) is 5.57 Å². The monoisotopic (exact) mass is 430 g/mol. The highest BCUT2D eigenvalue weighted by atomic mass is 16.6. The zero-order valence-corrected chi connectivity index (χ0v) is 19.6.